The van der Waals surface area contributed by atoms with Crippen molar-refractivity contribution in [2.24, 2.45) is 10.8 Å². The molecule has 1 aromatic carbocycles. The fourth-order valence-electron chi connectivity index (χ4n) is 9.67. The van der Waals surface area contributed by atoms with E-state index in [-0.39, 0.29) is 28.9 Å². The Hall–Kier alpha value is -3.17. The van der Waals surface area contributed by atoms with Gasteiger partial charge in [-0.2, -0.15) is 0 Å². The monoisotopic (exact) mass is 686 g/mol. The lowest BCUT2D eigenvalue weighted by Crippen LogP contribution is -2.61. The van der Waals surface area contributed by atoms with Crippen molar-refractivity contribution in [3.63, 3.8) is 0 Å². The molecule has 1 spiro atoms. The quantitative estimate of drug-likeness (QED) is 0.259. The fourth-order valence-corrected chi connectivity index (χ4v) is 9.96. The minimum atomic E-state index is -0.662. The first-order valence-electron chi connectivity index (χ1n) is 18.3. The Morgan fingerprint density at radius 2 is 1.63 bits per heavy atom. The average Bonchev–Trinajstić information content (AvgIpc) is 3.69. The first kappa shape index (κ1) is 33.0. The van der Waals surface area contributed by atoms with Crippen molar-refractivity contribution in [1.82, 2.24) is 24.3 Å². The second-order valence-electron chi connectivity index (χ2n) is 18.2. The predicted molar refractivity (Wildman–Crippen MR) is 193 cm³/mol. The van der Waals surface area contributed by atoms with Crippen LogP contribution >= 0.6 is 11.6 Å². The number of benzene rings is 1. The number of carbonyl (C=O) groups is 2. The number of fused-ring (bicyclic) bond motifs is 3. The number of hydrogen-bond donors (Lipinski definition) is 0. The molecule has 5 heterocycles. The summed E-state index contributed by atoms with van der Waals surface area (Å²) >= 11 is 6.82. The summed E-state index contributed by atoms with van der Waals surface area (Å²) in [4.78, 5) is 44.0. The third kappa shape index (κ3) is 5.82. The predicted octanol–water partition coefficient (Wildman–Crippen LogP) is 7.99. The molecule has 0 atom stereocenters. The molecule has 0 bridgehead atoms. The smallest absolute Gasteiger partial charge is 0.410 e. The van der Waals surface area contributed by atoms with Gasteiger partial charge in [0.1, 0.15) is 11.1 Å². The minimum absolute atomic E-state index is 0.135. The molecule has 3 aliphatic heterocycles. The van der Waals surface area contributed by atoms with Crippen molar-refractivity contribution < 1.29 is 14.3 Å². The zero-order valence-electron chi connectivity index (χ0n) is 30.2. The molecule has 10 heteroatoms. The van der Waals surface area contributed by atoms with Crippen molar-refractivity contribution >= 4 is 40.3 Å². The highest BCUT2D eigenvalue weighted by molar-refractivity contribution is 6.34. The second-order valence-corrected chi connectivity index (χ2v) is 18.6. The van der Waals surface area contributed by atoms with Crippen LogP contribution in [0.2, 0.25) is 5.15 Å². The number of ether oxygens (including phenoxy) is 1. The van der Waals surface area contributed by atoms with Crippen molar-refractivity contribution in [1.29, 1.82) is 0 Å². The summed E-state index contributed by atoms with van der Waals surface area (Å²) in [5, 5.41) is 0.463. The largest absolute Gasteiger partial charge is 0.444 e. The van der Waals surface area contributed by atoms with E-state index >= 15 is 0 Å². The maximum absolute atomic E-state index is 14.8. The van der Waals surface area contributed by atoms with Crippen molar-refractivity contribution in [3.8, 4) is 11.3 Å². The standard InChI is InChI=1S/C39H51ClN6O3/c1-36(2,3)49-35(48)43-14-12-39(13-15-43)28-11-8-24(29-19-30-32(33(40)42-29)45(23-41-30)25-9-10-25)16-31(28)46(34(39)47)27-17-26(18-27)44-21-37(4,5)20-38(6,7)22-44/h8,11,16,19,23,25-27H,9-10,12-15,17-18,20-22H2,1-7H3/t26-,27+. The van der Waals surface area contributed by atoms with Crippen LogP contribution in [0, 0.1) is 10.8 Å². The lowest BCUT2D eigenvalue weighted by Gasteiger charge is -2.54. The maximum atomic E-state index is 14.8. The van der Waals surface area contributed by atoms with E-state index < -0.39 is 11.0 Å². The molecule has 9 nitrogen and oxygen atoms in total. The van der Waals surface area contributed by atoms with Crippen LogP contribution in [0.15, 0.2) is 30.6 Å². The number of hydrogen-bond acceptors (Lipinski definition) is 6. The van der Waals surface area contributed by atoms with Crippen LogP contribution in [0.1, 0.15) is 105 Å². The highest BCUT2D eigenvalue weighted by atomic mass is 35.5. The van der Waals surface area contributed by atoms with E-state index in [0.717, 1.165) is 72.3 Å². The van der Waals surface area contributed by atoms with E-state index in [0.29, 0.717) is 43.2 Å². The summed E-state index contributed by atoms with van der Waals surface area (Å²) < 4.78 is 7.85. The zero-order valence-corrected chi connectivity index (χ0v) is 30.9. The summed E-state index contributed by atoms with van der Waals surface area (Å²) in [6, 6.07) is 9.47. The van der Waals surface area contributed by atoms with Gasteiger partial charge in [0.05, 0.1) is 23.0 Å². The topological polar surface area (TPSA) is 83.8 Å². The first-order chi connectivity index (χ1) is 23.0. The van der Waals surface area contributed by atoms with Gasteiger partial charge in [0.15, 0.2) is 5.15 Å². The Kier molecular flexibility index (Phi) is 7.52. The Bertz CT molecular complexity index is 1810. The normalized spacial score (nSPS) is 26.2. The van der Waals surface area contributed by atoms with Crippen LogP contribution in [0.5, 0.6) is 0 Å². The molecular formula is C39H51ClN6O3. The van der Waals surface area contributed by atoms with Gasteiger partial charge in [0.2, 0.25) is 5.91 Å². The molecular weight excluding hydrogens is 636 g/mol. The molecule has 2 saturated carbocycles. The summed E-state index contributed by atoms with van der Waals surface area (Å²) in [6.07, 6.45) is 8.18. The molecule has 0 radical (unpaired) electrons. The third-order valence-corrected chi connectivity index (χ3v) is 11.9. The second kappa shape index (κ2) is 11.2. The van der Waals surface area contributed by atoms with E-state index in [1.165, 1.54) is 6.42 Å². The van der Waals surface area contributed by atoms with Crippen LogP contribution < -0.4 is 4.90 Å². The van der Waals surface area contributed by atoms with Gasteiger partial charge >= 0.3 is 6.09 Å². The van der Waals surface area contributed by atoms with Crippen molar-refractivity contribution in [3.05, 3.63) is 41.3 Å². The van der Waals surface area contributed by atoms with Gasteiger partial charge < -0.3 is 19.1 Å². The minimum Gasteiger partial charge on any atom is -0.444 e. The van der Waals surface area contributed by atoms with Crippen LogP contribution in [0.4, 0.5) is 10.5 Å². The number of anilines is 1. The van der Waals surface area contributed by atoms with Crippen molar-refractivity contribution in [2.45, 2.75) is 123 Å². The van der Waals surface area contributed by atoms with Crippen LogP contribution in [-0.2, 0) is 14.9 Å². The Labute approximate surface area is 295 Å². The van der Waals surface area contributed by atoms with E-state index in [4.69, 9.17) is 21.3 Å². The number of imidazole rings is 1. The molecule has 3 aromatic rings. The van der Waals surface area contributed by atoms with E-state index in [1.807, 2.05) is 33.2 Å². The van der Waals surface area contributed by atoms with Gasteiger partial charge in [-0.05, 0) is 94.2 Å². The molecule has 262 valence electrons. The number of aromatic nitrogens is 3. The molecule has 4 fully saturated rings. The molecule has 2 saturated heterocycles. The number of halogens is 1. The fraction of sp³-hybridized carbons (Fsp3) is 0.641. The molecule has 2 amide bonds. The van der Waals surface area contributed by atoms with Crippen LogP contribution in [0.25, 0.3) is 22.3 Å². The summed E-state index contributed by atoms with van der Waals surface area (Å²) in [7, 11) is 0. The zero-order chi connectivity index (χ0) is 34.7. The molecule has 0 N–H and O–H groups in total. The van der Waals surface area contributed by atoms with Gasteiger partial charge in [-0.15, -0.1) is 0 Å². The number of carbonyl (C=O) groups excluding carboxylic acids is 2. The summed E-state index contributed by atoms with van der Waals surface area (Å²) in [6.45, 7) is 18.4. The molecule has 8 rings (SSSR count). The van der Waals surface area contributed by atoms with Gasteiger partial charge in [-0.1, -0.05) is 51.4 Å². The number of likely N-dealkylation sites (tertiary alicyclic amines) is 2. The number of pyridine rings is 1. The van der Waals surface area contributed by atoms with Gasteiger partial charge in [0, 0.05) is 55.6 Å². The summed E-state index contributed by atoms with van der Waals surface area (Å²) in [5.74, 6) is 0.177. The molecule has 49 heavy (non-hydrogen) atoms. The number of piperidine rings is 2. The molecule has 5 aliphatic rings. The highest BCUT2D eigenvalue weighted by Gasteiger charge is 2.56. The lowest BCUT2D eigenvalue weighted by atomic mass is 9.69. The molecule has 2 aromatic heterocycles. The Morgan fingerprint density at radius 1 is 0.959 bits per heavy atom. The Morgan fingerprint density at radius 3 is 2.27 bits per heavy atom. The van der Waals surface area contributed by atoms with E-state index in [9.17, 15) is 9.59 Å². The molecule has 2 aliphatic carbocycles. The van der Waals surface area contributed by atoms with Gasteiger partial charge in [-0.25, -0.2) is 14.8 Å². The Balaban J connectivity index is 1.11. The van der Waals surface area contributed by atoms with Gasteiger partial charge in [0.25, 0.3) is 0 Å². The number of nitrogens with zero attached hydrogens (tertiary/aromatic N) is 6. The first-order valence-corrected chi connectivity index (χ1v) is 18.6. The maximum Gasteiger partial charge on any atom is 0.410 e. The van der Waals surface area contributed by atoms with E-state index in [1.54, 1.807) is 4.90 Å². The van der Waals surface area contributed by atoms with Crippen LogP contribution in [0.3, 0.4) is 0 Å². The SMILES string of the molecule is CC1(C)CN([C@H]2C[C@@H](N3C(=O)C4(CCN(C(=O)OC(C)(C)C)CC4)c4ccc(-c5cc6ncn(C7CC7)c6c(Cl)n5)cc43)C2)CC(C)(C)C1. The number of amides is 2. The van der Waals surface area contributed by atoms with E-state index in [2.05, 4.69) is 65.2 Å². The van der Waals surface area contributed by atoms with Crippen molar-refractivity contribution in [2.75, 3.05) is 31.1 Å². The lowest BCUT2D eigenvalue weighted by molar-refractivity contribution is -0.126. The highest BCUT2D eigenvalue weighted by Crippen LogP contribution is 2.53. The average molecular weight is 687 g/mol. The third-order valence-electron chi connectivity index (χ3n) is 11.6. The van der Waals surface area contributed by atoms with Crippen LogP contribution in [-0.4, -0.2) is 80.2 Å². The number of rotatable bonds is 4. The molecule has 0 unspecified atom stereocenters. The summed E-state index contributed by atoms with van der Waals surface area (Å²) in [5.41, 5.74) is 4.80. The van der Waals surface area contributed by atoms with Gasteiger partial charge in [-0.3, -0.25) is 9.69 Å².